The summed E-state index contributed by atoms with van der Waals surface area (Å²) in [5.41, 5.74) is 5.25. The topological polar surface area (TPSA) is 141 Å². The van der Waals surface area contributed by atoms with Gasteiger partial charge in [0.2, 0.25) is 5.88 Å². The number of nitriles is 1. The van der Waals surface area contributed by atoms with E-state index in [0.29, 0.717) is 30.1 Å². The van der Waals surface area contributed by atoms with Crippen LogP contribution in [0, 0.1) is 17.1 Å². The fourth-order valence-electron chi connectivity index (χ4n) is 6.43. The Bertz CT molecular complexity index is 2010. The number of nitrogens with zero attached hydrogens (tertiary/aromatic N) is 7. The highest BCUT2D eigenvalue weighted by Gasteiger charge is 2.28. The summed E-state index contributed by atoms with van der Waals surface area (Å²) in [5, 5.41) is 20.6. The van der Waals surface area contributed by atoms with Crippen LogP contribution in [-0.4, -0.2) is 80.3 Å². The maximum atomic E-state index is 14.3. The van der Waals surface area contributed by atoms with Crippen molar-refractivity contribution in [2.75, 3.05) is 33.9 Å². The molecule has 2 fully saturated rings. The number of carbonyl (C=O) groups excluding carboxylic acids is 1. The zero-order valence-electron chi connectivity index (χ0n) is 30.4. The Morgan fingerprint density at radius 1 is 1.08 bits per heavy atom. The molecule has 1 N–H and O–H groups in total. The molecule has 2 aromatic carbocycles. The Kier molecular flexibility index (Phi) is 13.1. The van der Waals surface area contributed by atoms with Gasteiger partial charge in [-0.3, -0.25) is 9.58 Å². The molecule has 5 aromatic rings. The van der Waals surface area contributed by atoms with Gasteiger partial charge in [-0.1, -0.05) is 26.0 Å². The first-order valence-corrected chi connectivity index (χ1v) is 17.6. The summed E-state index contributed by atoms with van der Waals surface area (Å²) in [5.74, 6) is 0.748. The number of hydrogen-bond donors (Lipinski definition) is 1. The van der Waals surface area contributed by atoms with Crippen LogP contribution in [0.4, 0.5) is 4.39 Å². The Morgan fingerprint density at radius 3 is 2.48 bits per heavy atom. The van der Waals surface area contributed by atoms with Gasteiger partial charge in [-0.15, -0.1) is 0 Å². The lowest BCUT2D eigenvalue weighted by molar-refractivity contribution is -0.0592. The molecule has 2 aliphatic rings. The first-order valence-electron chi connectivity index (χ1n) is 17.6. The molecule has 2 aliphatic heterocycles. The minimum atomic E-state index is -0.469. The molecule has 0 amide bonds. The zero-order valence-corrected chi connectivity index (χ0v) is 30.4. The Morgan fingerprint density at radius 2 is 1.85 bits per heavy atom. The number of fused-ring (bicyclic) bond motifs is 1. The Balaban J connectivity index is 0.00000126. The third-order valence-corrected chi connectivity index (χ3v) is 9.20. The van der Waals surface area contributed by atoms with Crippen molar-refractivity contribution in [3.05, 3.63) is 94.8 Å². The van der Waals surface area contributed by atoms with E-state index in [1.165, 1.54) is 13.2 Å². The minimum Gasteiger partial charge on any atom is -0.473 e. The number of imidazole rings is 1. The third kappa shape index (κ3) is 8.65. The summed E-state index contributed by atoms with van der Waals surface area (Å²) in [4.78, 5) is 25.1. The molecule has 0 radical (unpaired) electrons. The van der Waals surface area contributed by atoms with Gasteiger partial charge in [-0.25, -0.2) is 19.2 Å². The molecule has 0 bridgehead atoms. The van der Waals surface area contributed by atoms with Crippen LogP contribution < -0.4 is 4.74 Å². The second kappa shape index (κ2) is 17.9. The van der Waals surface area contributed by atoms with Crippen molar-refractivity contribution in [2.24, 2.45) is 7.05 Å². The highest BCUT2D eigenvalue weighted by Crippen LogP contribution is 2.33. The largest absolute Gasteiger partial charge is 0.473 e. The fraction of sp³-hybridized carbons (Fsp3) is 0.410. The van der Waals surface area contributed by atoms with Crippen LogP contribution in [0.1, 0.15) is 72.0 Å². The van der Waals surface area contributed by atoms with Gasteiger partial charge in [0, 0.05) is 55.8 Å². The maximum Gasteiger partial charge on any atom is 0.337 e. The van der Waals surface area contributed by atoms with E-state index < -0.39 is 11.8 Å². The Labute approximate surface area is 303 Å². The first kappa shape index (κ1) is 38.1. The zero-order chi connectivity index (χ0) is 37.2. The molecular formula is C39H46FN7O5. The molecule has 0 aliphatic carbocycles. The second-order valence-corrected chi connectivity index (χ2v) is 12.3. The van der Waals surface area contributed by atoms with Gasteiger partial charge in [-0.05, 0) is 68.8 Å². The number of aliphatic hydroxyl groups excluding tert-OH is 1. The number of aromatic nitrogens is 5. The number of methoxy groups -OCH3 is 1. The summed E-state index contributed by atoms with van der Waals surface area (Å²) in [6.07, 6.45) is 4.78. The van der Waals surface area contributed by atoms with Crippen molar-refractivity contribution in [1.29, 1.82) is 5.26 Å². The van der Waals surface area contributed by atoms with Crippen molar-refractivity contribution in [2.45, 2.75) is 64.8 Å². The van der Waals surface area contributed by atoms with Gasteiger partial charge < -0.3 is 23.9 Å². The molecule has 52 heavy (non-hydrogen) atoms. The smallest absolute Gasteiger partial charge is 0.337 e. The van der Waals surface area contributed by atoms with Crippen molar-refractivity contribution in [1.82, 2.24) is 29.2 Å². The Hall–Kier alpha value is -5.16. The quantitative estimate of drug-likeness (QED) is 0.171. The monoisotopic (exact) mass is 711 g/mol. The van der Waals surface area contributed by atoms with Crippen LogP contribution in [-0.2, 0) is 36.2 Å². The number of halogens is 1. The van der Waals surface area contributed by atoms with E-state index in [9.17, 15) is 9.18 Å². The van der Waals surface area contributed by atoms with Gasteiger partial charge >= 0.3 is 5.97 Å². The number of ether oxygens (including phenoxy) is 3. The SMILES string of the molecule is CC.CO.COC(=O)c1cc(-c2ccn(C)n2)c2nc(CN3CCC(c4cccc(OCc5ccc(C#N)cc5F)n4)CC3)n(CC3CCO3)c2c1. The van der Waals surface area contributed by atoms with Gasteiger partial charge in [0.1, 0.15) is 18.2 Å². The number of hydrogen-bond acceptors (Lipinski definition) is 10. The van der Waals surface area contributed by atoms with Crippen molar-refractivity contribution >= 4 is 17.0 Å². The lowest BCUT2D eigenvalue weighted by atomic mass is 9.93. The molecule has 0 saturated carbocycles. The molecule has 274 valence electrons. The molecule has 0 spiro atoms. The van der Waals surface area contributed by atoms with Gasteiger partial charge in [0.15, 0.2) is 0 Å². The molecular weight excluding hydrogens is 665 g/mol. The van der Waals surface area contributed by atoms with E-state index in [1.54, 1.807) is 22.9 Å². The van der Waals surface area contributed by atoms with E-state index in [1.807, 2.05) is 63.5 Å². The molecule has 3 aromatic heterocycles. The van der Waals surface area contributed by atoms with Crippen LogP contribution in [0.2, 0.25) is 0 Å². The van der Waals surface area contributed by atoms with Crippen LogP contribution >= 0.6 is 0 Å². The number of rotatable bonds is 10. The third-order valence-electron chi connectivity index (χ3n) is 9.20. The number of benzene rings is 2. The lowest BCUT2D eigenvalue weighted by Crippen LogP contribution is -2.35. The number of aliphatic hydroxyl groups is 1. The highest BCUT2D eigenvalue weighted by molar-refractivity contribution is 6.00. The van der Waals surface area contributed by atoms with Crippen LogP contribution in [0.3, 0.4) is 0 Å². The first-order chi connectivity index (χ1) is 25.4. The molecule has 2 saturated heterocycles. The van der Waals surface area contributed by atoms with E-state index in [2.05, 4.69) is 14.6 Å². The minimum absolute atomic E-state index is 0.0303. The average Bonchev–Trinajstić information content (AvgIpc) is 3.76. The summed E-state index contributed by atoms with van der Waals surface area (Å²) >= 11 is 0. The molecule has 13 heteroatoms. The van der Waals surface area contributed by atoms with Gasteiger partial charge in [0.05, 0.1) is 60.2 Å². The second-order valence-electron chi connectivity index (χ2n) is 12.3. The molecule has 7 rings (SSSR count). The van der Waals surface area contributed by atoms with Crippen LogP contribution in [0.5, 0.6) is 5.88 Å². The number of esters is 1. The highest BCUT2D eigenvalue weighted by atomic mass is 19.1. The summed E-state index contributed by atoms with van der Waals surface area (Å²) in [6, 6.07) is 17.6. The predicted octanol–water partition coefficient (Wildman–Crippen LogP) is 6.01. The van der Waals surface area contributed by atoms with Crippen molar-refractivity contribution in [3.8, 4) is 23.2 Å². The summed E-state index contributed by atoms with van der Waals surface area (Å²) < 4.78 is 35.0. The summed E-state index contributed by atoms with van der Waals surface area (Å²) in [7, 11) is 4.25. The van der Waals surface area contributed by atoms with E-state index in [0.717, 1.165) is 79.9 Å². The van der Waals surface area contributed by atoms with Gasteiger partial charge in [-0.2, -0.15) is 10.4 Å². The van der Waals surface area contributed by atoms with Crippen molar-refractivity contribution in [3.63, 3.8) is 0 Å². The number of likely N-dealkylation sites (tertiary alicyclic amines) is 1. The molecule has 5 heterocycles. The van der Waals surface area contributed by atoms with Gasteiger partial charge in [0.25, 0.3) is 0 Å². The molecule has 12 nitrogen and oxygen atoms in total. The molecule has 1 atom stereocenters. The van der Waals surface area contributed by atoms with E-state index in [4.69, 9.17) is 34.5 Å². The van der Waals surface area contributed by atoms with E-state index in [-0.39, 0.29) is 24.2 Å². The van der Waals surface area contributed by atoms with E-state index >= 15 is 0 Å². The number of aryl methyl sites for hydroxylation is 1. The standard InChI is InChI=1S/C36H36FN7O4.C2H6.CH4O/c1-42-12-10-31(41-42)28-17-26(36(45)46-2)18-32-35(28)40-33(44(32)20-27-11-15-47-27)21-43-13-8-24(9-14-43)30-4-3-5-34(39-30)48-22-25-7-6-23(19-38)16-29(25)37;2*1-2/h3-7,10,12,16-18,24,27H,8-9,11,13-15,20-22H2,1-2H3;1-2H3;2H,1H3. The fourth-order valence-corrected chi connectivity index (χ4v) is 6.43. The van der Waals surface area contributed by atoms with Crippen LogP contribution in [0.25, 0.3) is 22.3 Å². The lowest BCUT2D eigenvalue weighted by Gasteiger charge is -2.32. The summed E-state index contributed by atoms with van der Waals surface area (Å²) in [6.45, 7) is 7.80. The average molecular weight is 712 g/mol. The number of pyridine rings is 1. The number of carbonyl (C=O) groups is 1. The van der Waals surface area contributed by atoms with Crippen molar-refractivity contribution < 1.29 is 28.5 Å². The number of piperidine rings is 1. The molecule has 1 unspecified atom stereocenters. The normalized spacial score (nSPS) is 15.8. The predicted molar refractivity (Wildman–Crippen MR) is 194 cm³/mol. The van der Waals surface area contributed by atoms with Crippen LogP contribution in [0.15, 0.2) is 60.8 Å². The maximum absolute atomic E-state index is 14.3.